The van der Waals surface area contributed by atoms with Gasteiger partial charge in [-0.15, -0.1) is 0 Å². The van der Waals surface area contributed by atoms with E-state index in [0.717, 1.165) is 24.3 Å². The molecular formula is C19H17F3N2O4. The van der Waals surface area contributed by atoms with Gasteiger partial charge in [0.25, 0.3) is 5.91 Å². The zero-order chi connectivity index (χ0) is 20.9. The minimum atomic E-state index is -4.51. The quantitative estimate of drug-likeness (QED) is 0.755. The molecule has 0 aromatic heterocycles. The van der Waals surface area contributed by atoms with Crippen molar-refractivity contribution in [2.24, 2.45) is 0 Å². The van der Waals surface area contributed by atoms with Gasteiger partial charge in [0.1, 0.15) is 0 Å². The fourth-order valence-electron chi connectivity index (χ4n) is 2.16. The average molecular weight is 394 g/mol. The number of carbonyl (C=O) groups excluding carboxylic acids is 3. The highest BCUT2D eigenvalue weighted by molar-refractivity contribution is 5.97. The van der Waals surface area contributed by atoms with E-state index in [0.29, 0.717) is 11.4 Å². The van der Waals surface area contributed by atoms with E-state index in [1.807, 2.05) is 0 Å². The number of rotatable bonds is 5. The van der Waals surface area contributed by atoms with Crippen molar-refractivity contribution in [1.29, 1.82) is 0 Å². The molecule has 2 N–H and O–H groups in total. The number of hydrogen-bond acceptors (Lipinski definition) is 4. The first-order valence-corrected chi connectivity index (χ1v) is 8.13. The van der Waals surface area contributed by atoms with Gasteiger partial charge >= 0.3 is 12.1 Å². The van der Waals surface area contributed by atoms with Crippen LogP contribution in [0.4, 0.5) is 24.5 Å². The van der Waals surface area contributed by atoms with Gasteiger partial charge in [-0.25, -0.2) is 4.79 Å². The van der Waals surface area contributed by atoms with Crippen LogP contribution in [0, 0.1) is 0 Å². The van der Waals surface area contributed by atoms with Crippen molar-refractivity contribution >= 4 is 29.2 Å². The molecule has 2 aromatic rings. The number of alkyl halides is 3. The summed E-state index contributed by atoms with van der Waals surface area (Å²) in [6.45, 7) is 2.70. The molecule has 148 valence electrons. The number of benzene rings is 2. The molecule has 0 radical (unpaired) electrons. The number of hydrogen-bond donors (Lipinski definition) is 2. The van der Waals surface area contributed by atoms with Crippen LogP contribution in [-0.4, -0.2) is 23.9 Å². The van der Waals surface area contributed by atoms with Crippen LogP contribution < -0.4 is 10.6 Å². The second-order valence-corrected chi connectivity index (χ2v) is 5.87. The van der Waals surface area contributed by atoms with E-state index in [1.54, 1.807) is 24.3 Å². The van der Waals surface area contributed by atoms with Gasteiger partial charge in [0.15, 0.2) is 6.10 Å². The van der Waals surface area contributed by atoms with Gasteiger partial charge in [-0.1, -0.05) is 0 Å². The Morgan fingerprint density at radius 2 is 1.39 bits per heavy atom. The molecule has 0 unspecified atom stereocenters. The first-order valence-electron chi connectivity index (χ1n) is 8.13. The zero-order valence-electron chi connectivity index (χ0n) is 15.0. The summed E-state index contributed by atoms with van der Waals surface area (Å²) in [5.41, 5.74) is -0.0336. The smallest absolute Gasteiger partial charge is 0.416 e. The lowest BCUT2D eigenvalue weighted by Gasteiger charge is -2.14. The van der Waals surface area contributed by atoms with E-state index in [4.69, 9.17) is 4.74 Å². The maximum absolute atomic E-state index is 12.5. The fraction of sp³-hybridized carbons (Fsp3) is 0.211. The number of halogens is 3. The van der Waals surface area contributed by atoms with Crippen molar-refractivity contribution in [2.45, 2.75) is 26.1 Å². The normalized spacial score (nSPS) is 12.0. The molecule has 0 aliphatic heterocycles. The number of esters is 1. The van der Waals surface area contributed by atoms with E-state index in [9.17, 15) is 27.6 Å². The van der Waals surface area contributed by atoms with E-state index in [1.165, 1.54) is 13.8 Å². The molecule has 0 fully saturated rings. The van der Waals surface area contributed by atoms with Crippen molar-refractivity contribution in [3.63, 3.8) is 0 Å². The molecule has 0 aliphatic carbocycles. The van der Waals surface area contributed by atoms with Gasteiger partial charge in [0, 0.05) is 18.3 Å². The van der Waals surface area contributed by atoms with Crippen molar-refractivity contribution in [1.82, 2.24) is 0 Å². The van der Waals surface area contributed by atoms with Crippen LogP contribution in [0.1, 0.15) is 29.8 Å². The molecular weight excluding hydrogens is 377 g/mol. The third kappa shape index (κ3) is 5.83. The fourth-order valence-corrected chi connectivity index (χ4v) is 2.16. The first-order chi connectivity index (χ1) is 13.1. The molecule has 0 bridgehead atoms. The Balaban J connectivity index is 1.94. The summed E-state index contributed by atoms with van der Waals surface area (Å²) in [6.07, 6.45) is -5.68. The second-order valence-electron chi connectivity index (χ2n) is 5.87. The third-order valence-corrected chi connectivity index (χ3v) is 3.57. The largest absolute Gasteiger partial charge is 0.449 e. The Morgan fingerprint density at radius 3 is 1.86 bits per heavy atom. The van der Waals surface area contributed by atoms with Crippen molar-refractivity contribution in [2.75, 3.05) is 10.6 Å². The van der Waals surface area contributed by atoms with Gasteiger partial charge < -0.3 is 15.4 Å². The number of anilines is 2. The van der Waals surface area contributed by atoms with E-state index < -0.39 is 29.7 Å². The molecule has 0 spiro atoms. The Hall–Kier alpha value is -3.36. The summed E-state index contributed by atoms with van der Waals surface area (Å²) < 4.78 is 42.6. The Morgan fingerprint density at radius 1 is 0.893 bits per heavy atom. The predicted molar refractivity (Wildman–Crippen MR) is 95.7 cm³/mol. The number of amides is 2. The molecule has 1 atom stereocenters. The minimum absolute atomic E-state index is 0.104. The maximum atomic E-state index is 12.5. The van der Waals surface area contributed by atoms with E-state index in [2.05, 4.69) is 10.6 Å². The van der Waals surface area contributed by atoms with Crippen molar-refractivity contribution < 1.29 is 32.3 Å². The Kier molecular flexibility index (Phi) is 6.40. The Labute approximate surface area is 158 Å². The standard InChI is InChI=1S/C19H17F3N2O4/c1-11(17(26)24-16-9-7-15(8-10-16)23-12(2)25)28-18(27)13-3-5-14(6-4-13)19(20,21)22/h3-11H,1-2H3,(H,23,25)(H,24,26)/t11-/m0/s1. The van der Waals surface area contributed by atoms with Crippen LogP contribution in [0.25, 0.3) is 0 Å². The lowest BCUT2D eigenvalue weighted by Crippen LogP contribution is -2.30. The summed E-state index contributed by atoms with van der Waals surface area (Å²) in [6, 6.07) is 9.75. The summed E-state index contributed by atoms with van der Waals surface area (Å²) in [5.74, 6) is -1.77. The van der Waals surface area contributed by atoms with Crippen LogP contribution >= 0.6 is 0 Å². The average Bonchev–Trinajstić information content (AvgIpc) is 2.62. The number of ether oxygens (including phenoxy) is 1. The molecule has 0 saturated heterocycles. The van der Waals surface area contributed by atoms with Gasteiger partial charge in [0.05, 0.1) is 11.1 Å². The SMILES string of the molecule is CC(=O)Nc1ccc(NC(=O)[C@H](C)OC(=O)c2ccc(C(F)(F)F)cc2)cc1. The molecule has 2 aromatic carbocycles. The van der Waals surface area contributed by atoms with Crippen LogP contribution in [0.3, 0.4) is 0 Å². The van der Waals surface area contributed by atoms with Crippen LogP contribution in [-0.2, 0) is 20.5 Å². The minimum Gasteiger partial charge on any atom is -0.449 e. The zero-order valence-corrected chi connectivity index (χ0v) is 15.0. The topological polar surface area (TPSA) is 84.5 Å². The second kappa shape index (κ2) is 8.55. The number of nitrogens with one attached hydrogen (secondary N) is 2. The highest BCUT2D eigenvalue weighted by Crippen LogP contribution is 2.29. The molecule has 0 saturated carbocycles. The molecule has 6 nitrogen and oxygen atoms in total. The van der Waals surface area contributed by atoms with E-state index >= 15 is 0 Å². The molecule has 2 amide bonds. The first kappa shape index (κ1) is 20.9. The summed E-state index contributed by atoms with van der Waals surface area (Å²) in [5, 5.41) is 5.10. The van der Waals surface area contributed by atoms with Gasteiger partial charge in [-0.3, -0.25) is 9.59 Å². The van der Waals surface area contributed by atoms with Gasteiger partial charge in [-0.2, -0.15) is 13.2 Å². The van der Waals surface area contributed by atoms with Crippen molar-refractivity contribution in [3.8, 4) is 0 Å². The highest BCUT2D eigenvalue weighted by Gasteiger charge is 2.30. The molecule has 28 heavy (non-hydrogen) atoms. The van der Waals surface area contributed by atoms with Gasteiger partial charge in [0.2, 0.25) is 5.91 Å². The third-order valence-electron chi connectivity index (χ3n) is 3.57. The van der Waals surface area contributed by atoms with Crippen LogP contribution in [0.5, 0.6) is 0 Å². The lowest BCUT2D eigenvalue weighted by atomic mass is 10.1. The summed E-state index contributed by atoms with van der Waals surface area (Å²) >= 11 is 0. The molecule has 0 heterocycles. The maximum Gasteiger partial charge on any atom is 0.416 e. The Bertz CT molecular complexity index is 862. The summed E-state index contributed by atoms with van der Waals surface area (Å²) in [7, 11) is 0. The molecule has 0 aliphatic rings. The van der Waals surface area contributed by atoms with Crippen molar-refractivity contribution in [3.05, 3.63) is 59.7 Å². The lowest BCUT2D eigenvalue weighted by molar-refractivity contribution is -0.137. The predicted octanol–water partition coefficient (Wildman–Crippen LogP) is 3.85. The molecule has 2 rings (SSSR count). The van der Waals surface area contributed by atoms with E-state index in [-0.39, 0.29) is 11.5 Å². The van der Waals surface area contributed by atoms with Crippen LogP contribution in [0.2, 0.25) is 0 Å². The molecule has 9 heteroatoms. The number of carbonyl (C=O) groups is 3. The highest BCUT2D eigenvalue weighted by atomic mass is 19.4. The van der Waals surface area contributed by atoms with Crippen LogP contribution in [0.15, 0.2) is 48.5 Å². The summed E-state index contributed by atoms with van der Waals surface area (Å²) in [4.78, 5) is 35.1. The van der Waals surface area contributed by atoms with Gasteiger partial charge in [-0.05, 0) is 55.5 Å². The monoisotopic (exact) mass is 394 g/mol.